The van der Waals surface area contributed by atoms with Gasteiger partial charge in [-0.15, -0.1) is 0 Å². The zero-order valence-electron chi connectivity index (χ0n) is 14.4. The van der Waals surface area contributed by atoms with E-state index < -0.39 is 11.6 Å². The van der Waals surface area contributed by atoms with Crippen LogP contribution in [0.4, 0.5) is 13.9 Å². The predicted octanol–water partition coefficient (Wildman–Crippen LogP) is 5.53. The van der Waals surface area contributed by atoms with Gasteiger partial charge in [0.15, 0.2) is 5.13 Å². The van der Waals surface area contributed by atoms with Gasteiger partial charge in [0.1, 0.15) is 11.6 Å². The fourth-order valence-corrected chi connectivity index (χ4v) is 4.46. The van der Waals surface area contributed by atoms with Crippen molar-refractivity contribution in [2.24, 2.45) is 0 Å². The molecule has 134 valence electrons. The van der Waals surface area contributed by atoms with Gasteiger partial charge in [0.05, 0.1) is 27.8 Å². The molecule has 3 aromatic rings. The summed E-state index contributed by atoms with van der Waals surface area (Å²) >= 11 is 1.41. The molecule has 0 spiro atoms. The molecule has 0 bridgehead atoms. The second kappa shape index (κ2) is 6.93. The first kappa shape index (κ1) is 17.4. The third-order valence-electron chi connectivity index (χ3n) is 4.60. The van der Waals surface area contributed by atoms with Gasteiger partial charge in [0.2, 0.25) is 0 Å². The van der Waals surface area contributed by atoms with Gasteiger partial charge in [-0.25, -0.2) is 13.8 Å². The van der Waals surface area contributed by atoms with Crippen LogP contribution < -0.4 is 5.32 Å². The molecule has 6 heteroatoms. The maximum atomic E-state index is 14.0. The van der Waals surface area contributed by atoms with Crippen molar-refractivity contribution in [3.63, 3.8) is 0 Å². The minimum absolute atomic E-state index is 0.125. The molecule has 0 fully saturated rings. The van der Waals surface area contributed by atoms with Crippen LogP contribution in [0.5, 0.6) is 0 Å². The van der Waals surface area contributed by atoms with Gasteiger partial charge in [0, 0.05) is 5.70 Å². The molecular weight excluding hydrogens is 364 g/mol. The summed E-state index contributed by atoms with van der Waals surface area (Å²) in [5.41, 5.74) is 3.59. The highest BCUT2D eigenvalue weighted by Crippen LogP contribution is 2.40. The minimum Gasteiger partial charge on any atom is -0.331 e. The molecule has 0 radical (unpaired) electrons. The van der Waals surface area contributed by atoms with Crippen molar-refractivity contribution in [2.45, 2.75) is 19.3 Å². The molecule has 1 N–H and O–H groups in total. The van der Waals surface area contributed by atoms with Gasteiger partial charge < -0.3 is 5.32 Å². The highest BCUT2D eigenvalue weighted by atomic mass is 32.1. The van der Waals surface area contributed by atoms with E-state index in [4.69, 9.17) is 0 Å². The summed E-state index contributed by atoms with van der Waals surface area (Å²) in [6, 6.07) is 11.7. The number of thiazole rings is 1. The van der Waals surface area contributed by atoms with E-state index >= 15 is 0 Å². The van der Waals surface area contributed by atoms with E-state index in [0.29, 0.717) is 10.7 Å². The van der Waals surface area contributed by atoms with Crippen LogP contribution in [0.3, 0.4) is 0 Å². The fraction of sp³-hybridized carbons (Fsp3) is 0.143. The molecule has 0 aliphatic heterocycles. The Hall–Kier alpha value is -3.04. The Bertz CT molecular complexity index is 1080. The Labute approximate surface area is 159 Å². The van der Waals surface area contributed by atoms with Crippen molar-refractivity contribution in [2.75, 3.05) is 5.32 Å². The smallest absolute Gasteiger partial charge is 0.187 e. The van der Waals surface area contributed by atoms with Gasteiger partial charge in [-0.3, -0.25) is 0 Å². The third kappa shape index (κ3) is 3.11. The molecule has 0 saturated carbocycles. The molecule has 0 unspecified atom stereocenters. The summed E-state index contributed by atoms with van der Waals surface area (Å²) < 4.78 is 28.0. The van der Waals surface area contributed by atoms with Crippen molar-refractivity contribution in [3.8, 4) is 16.5 Å². The van der Waals surface area contributed by atoms with Crippen LogP contribution in [0.1, 0.15) is 28.8 Å². The standard InChI is InChI=1S/C21H15F2N3S/c1-12(19-16(22)8-4-9-17(19)23)25-21-26-18-10-3-6-14-13(11-24)5-2-7-15(14)20(18)27-21/h2,4-5,7-9H,1,3,6,10H2,(H,25,26). The molecule has 4 rings (SSSR count). The maximum Gasteiger partial charge on any atom is 0.187 e. The zero-order valence-corrected chi connectivity index (χ0v) is 15.2. The summed E-state index contributed by atoms with van der Waals surface area (Å²) in [6.45, 7) is 3.77. The van der Waals surface area contributed by atoms with Gasteiger partial charge >= 0.3 is 0 Å². The lowest BCUT2D eigenvalue weighted by Gasteiger charge is -2.09. The number of anilines is 1. The number of rotatable bonds is 3. The normalized spacial score (nSPS) is 12.5. The Morgan fingerprint density at radius 1 is 1.15 bits per heavy atom. The molecule has 1 aromatic heterocycles. The van der Waals surface area contributed by atoms with E-state index in [1.165, 1.54) is 29.5 Å². The number of nitriles is 1. The molecule has 1 aliphatic rings. The zero-order chi connectivity index (χ0) is 19.0. The number of benzene rings is 2. The molecule has 0 amide bonds. The SMILES string of the molecule is C=C(Nc1nc2c(s1)-c1cccc(C#N)c1CCC2)c1c(F)cccc1F. The number of fused-ring (bicyclic) bond motifs is 3. The van der Waals surface area contributed by atoms with Crippen LogP contribution in [0, 0.1) is 23.0 Å². The lowest BCUT2D eigenvalue weighted by Crippen LogP contribution is -2.02. The number of aryl methyl sites for hydroxylation is 1. The van der Waals surface area contributed by atoms with Crippen molar-refractivity contribution in [3.05, 3.63) is 77.0 Å². The Balaban J connectivity index is 1.71. The minimum atomic E-state index is -0.672. The van der Waals surface area contributed by atoms with Crippen molar-refractivity contribution >= 4 is 22.2 Å². The van der Waals surface area contributed by atoms with Crippen molar-refractivity contribution in [1.29, 1.82) is 5.26 Å². The average Bonchev–Trinajstić information content (AvgIpc) is 2.95. The predicted molar refractivity (Wildman–Crippen MR) is 103 cm³/mol. The lowest BCUT2D eigenvalue weighted by atomic mass is 9.98. The first-order valence-electron chi connectivity index (χ1n) is 8.51. The molecule has 0 saturated heterocycles. The summed E-state index contributed by atoms with van der Waals surface area (Å²) in [6.07, 6.45) is 2.51. The monoisotopic (exact) mass is 379 g/mol. The van der Waals surface area contributed by atoms with E-state index in [1.54, 1.807) is 0 Å². The van der Waals surface area contributed by atoms with Gasteiger partial charge in [-0.05, 0) is 48.6 Å². The van der Waals surface area contributed by atoms with E-state index in [2.05, 4.69) is 22.9 Å². The number of nitrogens with one attached hydrogen (secondary N) is 1. The highest BCUT2D eigenvalue weighted by Gasteiger charge is 2.22. The van der Waals surface area contributed by atoms with Crippen LogP contribution in [-0.2, 0) is 12.8 Å². The fourth-order valence-electron chi connectivity index (χ4n) is 3.37. The quantitative estimate of drug-likeness (QED) is 0.651. The summed E-state index contributed by atoms with van der Waals surface area (Å²) in [5.74, 6) is -1.34. The first-order chi connectivity index (χ1) is 13.1. The number of nitrogens with zero attached hydrogens (tertiary/aromatic N) is 2. The van der Waals surface area contributed by atoms with Crippen LogP contribution >= 0.6 is 11.3 Å². The lowest BCUT2D eigenvalue weighted by molar-refractivity contribution is 0.577. The van der Waals surface area contributed by atoms with Crippen LogP contribution in [0.2, 0.25) is 0 Å². The molecule has 3 nitrogen and oxygen atoms in total. The molecule has 1 aliphatic carbocycles. The second-order valence-electron chi connectivity index (χ2n) is 6.29. The van der Waals surface area contributed by atoms with Crippen LogP contribution in [-0.4, -0.2) is 4.98 Å². The maximum absolute atomic E-state index is 14.0. The molecule has 2 aromatic carbocycles. The number of halogens is 2. The number of aromatic nitrogens is 1. The number of hydrogen-bond acceptors (Lipinski definition) is 4. The largest absolute Gasteiger partial charge is 0.331 e. The molecule has 0 atom stereocenters. The van der Waals surface area contributed by atoms with Gasteiger partial charge in [0.25, 0.3) is 0 Å². The Kier molecular flexibility index (Phi) is 4.46. The number of hydrogen-bond donors (Lipinski definition) is 1. The topological polar surface area (TPSA) is 48.7 Å². The van der Waals surface area contributed by atoms with E-state index in [0.717, 1.165) is 41.0 Å². The molecule has 1 heterocycles. The summed E-state index contributed by atoms with van der Waals surface area (Å²) in [4.78, 5) is 5.60. The molecular formula is C21H15F2N3S. The molecule has 27 heavy (non-hydrogen) atoms. The van der Waals surface area contributed by atoms with Crippen LogP contribution in [0.15, 0.2) is 43.0 Å². The first-order valence-corrected chi connectivity index (χ1v) is 9.32. The van der Waals surface area contributed by atoms with Crippen molar-refractivity contribution < 1.29 is 8.78 Å². The van der Waals surface area contributed by atoms with E-state index in [9.17, 15) is 14.0 Å². The van der Waals surface area contributed by atoms with Crippen LogP contribution in [0.25, 0.3) is 16.1 Å². The second-order valence-corrected chi connectivity index (χ2v) is 7.29. The van der Waals surface area contributed by atoms with Gasteiger partial charge in [-0.1, -0.05) is 36.1 Å². The highest BCUT2D eigenvalue weighted by molar-refractivity contribution is 7.19. The van der Waals surface area contributed by atoms with Crippen molar-refractivity contribution in [1.82, 2.24) is 4.98 Å². The van der Waals surface area contributed by atoms with E-state index in [-0.39, 0.29) is 11.3 Å². The average molecular weight is 379 g/mol. The van der Waals surface area contributed by atoms with Gasteiger partial charge in [-0.2, -0.15) is 5.26 Å². The van der Waals surface area contributed by atoms with E-state index in [1.807, 2.05) is 18.2 Å². The summed E-state index contributed by atoms with van der Waals surface area (Å²) in [5, 5.41) is 12.9. The summed E-state index contributed by atoms with van der Waals surface area (Å²) in [7, 11) is 0. The Morgan fingerprint density at radius 2 is 1.89 bits per heavy atom. The third-order valence-corrected chi connectivity index (χ3v) is 5.65. The Morgan fingerprint density at radius 3 is 2.63 bits per heavy atom.